The lowest BCUT2D eigenvalue weighted by molar-refractivity contribution is -0.153. The molecule has 1 atom stereocenters. The highest BCUT2D eigenvalue weighted by Crippen LogP contribution is 2.34. The number of carbonyl (C=O) groups is 2. The number of hydrogen-bond acceptors (Lipinski definition) is 5. The van der Waals surface area contributed by atoms with Gasteiger partial charge in [0.2, 0.25) is 5.76 Å². The molecule has 122 valence electrons. The van der Waals surface area contributed by atoms with Crippen molar-refractivity contribution in [3.63, 3.8) is 0 Å². The third-order valence-corrected chi connectivity index (χ3v) is 4.20. The molecule has 1 aliphatic rings. The molecule has 1 unspecified atom stereocenters. The van der Waals surface area contributed by atoms with Crippen molar-refractivity contribution in [3.8, 4) is 0 Å². The maximum atomic E-state index is 12.6. The van der Waals surface area contributed by atoms with Crippen molar-refractivity contribution in [1.29, 1.82) is 0 Å². The zero-order valence-corrected chi connectivity index (χ0v) is 13.2. The van der Waals surface area contributed by atoms with Gasteiger partial charge < -0.3 is 19.2 Å². The minimum Gasteiger partial charge on any atom is -0.481 e. The molecule has 1 aromatic rings. The third kappa shape index (κ3) is 3.14. The van der Waals surface area contributed by atoms with Gasteiger partial charge in [-0.3, -0.25) is 9.59 Å². The second-order valence-corrected chi connectivity index (χ2v) is 5.81. The SMILES string of the molecule is COCCC1(C(=O)O)CCCN(C(=O)c2oc(C)nc2C)C1. The molecule has 1 amide bonds. The van der Waals surface area contributed by atoms with Gasteiger partial charge in [-0.2, -0.15) is 0 Å². The number of piperidine rings is 1. The fraction of sp³-hybridized carbons (Fsp3) is 0.667. The number of likely N-dealkylation sites (tertiary alicyclic amines) is 1. The van der Waals surface area contributed by atoms with Crippen LogP contribution in [0.4, 0.5) is 0 Å². The van der Waals surface area contributed by atoms with Crippen molar-refractivity contribution >= 4 is 11.9 Å². The van der Waals surface area contributed by atoms with Crippen molar-refractivity contribution < 1.29 is 23.8 Å². The van der Waals surface area contributed by atoms with Gasteiger partial charge in [-0.1, -0.05) is 0 Å². The van der Waals surface area contributed by atoms with Crippen LogP contribution < -0.4 is 0 Å². The second-order valence-electron chi connectivity index (χ2n) is 5.81. The molecule has 0 aromatic carbocycles. The van der Waals surface area contributed by atoms with Gasteiger partial charge in [0.05, 0.1) is 11.1 Å². The maximum absolute atomic E-state index is 12.6. The van der Waals surface area contributed by atoms with Crippen LogP contribution in [0.1, 0.15) is 41.4 Å². The Bertz CT molecular complexity index is 568. The van der Waals surface area contributed by atoms with Crippen LogP contribution in [-0.4, -0.2) is 53.7 Å². The van der Waals surface area contributed by atoms with Crippen molar-refractivity contribution in [2.24, 2.45) is 5.41 Å². The fourth-order valence-corrected chi connectivity index (χ4v) is 2.96. The van der Waals surface area contributed by atoms with E-state index < -0.39 is 11.4 Å². The molecule has 0 radical (unpaired) electrons. The summed E-state index contributed by atoms with van der Waals surface area (Å²) in [4.78, 5) is 30.0. The summed E-state index contributed by atoms with van der Waals surface area (Å²) in [6.07, 6.45) is 1.58. The summed E-state index contributed by atoms with van der Waals surface area (Å²) in [6.45, 7) is 4.45. The molecule has 2 rings (SSSR count). The number of nitrogens with zero attached hydrogens (tertiary/aromatic N) is 2. The van der Waals surface area contributed by atoms with Crippen LogP contribution in [0.3, 0.4) is 0 Å². The largest absolute Gasteiger partial charge is 0.481 e. The molecule has 7 heteroatoms. The topological polar surface area (TPSA) is 92.9 Å². The first-order chi connectivity index (χ1) is 10.4. The summed E-state index contributed by atoms with van der Waals surface area (Å²) in [7, 11) is 1.54. The van der Waals surface area contributed by atoms with E-state index in [0.29, 0.717) is 44.0 Å². The van der Waals surface area contributed by atoms with Crippen LogP contribution in [0, 0.1) is 19.3 Å². The monoisotopic (exact) mass is 310 g/mol. The van der Waals surface area contributed by atoms with E-state index in [1.54, 1.807) is 25.9 Å². The molecule has 2 heterocycles. The van der Waals surface area contributed by atoms with Gasteiger partial charge in [0.15, 0.2) is 5.89 Å². The molecule has 0 aliphatic carbocycles. The smallest absolute Gasteiger partial charge is 0.311 e. The van der Waals surface area contributed by atoms with Crippen molar-refractivity contribution in [2.75, 3.05) is 26.8 Å². The standard InChI is InChI=1S/C15H22N2O5/c1-10-12(22-11(2)16-10)13(18)17-7-4-5-15(9-17,14(19)20)6-8-21-3/h4-9H2,1-3H3,(H,19,20). The van der Waals surface area contributed by atoms with E-state index >= 15 is 0 Å². The number of methoxy groups -OCH3 is 1. The lowest BCUT2D eigenvalue weighted by Gasteiger charge is -2.39. The van der Waals surface area contributed by atoms with Crippen LogP contribution in [0.5, 0.6) is 0 Å². The van der Waals surface area contributed by atoms with Gasteiger partial charge in [0.25, 0.3) is 5.91 Å². The van der Waals surface area contributed by atoms with Crippen LogP contribution in [0.15, 0.2) is 4.42 Å². The number of hydrogen-bond donors (Lipinski definition) is 1. The lowest BCUT2D eigenvalue weighted by atomic mass is 9.77. The summed E-state index contributed by atoms with van der Waals surface area (Å²) in [5.74, 6) is -0.541. The highest BCUT2D eigenvalue weighted by atomic mass is 16.5. The van der Waals surface area contributed by atoms with Crippen molar-refractivity contribution in [1.82, 2.24) is 9.88 Å². The van der Waals surface area contributed by atoms with E-state index in [9.17, 15) is 14.7 Å². The normalized spacial score (nSPS) is 21.9. The number of carbonyl (C=O) groups excluding carboxylic acids is 1. The average molecular weight is 310 g/mol. The number of rotatable bonds is 5. The Morgan fingerprint density at radius 2 is 2.18 bits per heavy atom. The minimum atomic E-state index is -0.951. The summed E-state index contributed by atoms with van der Waals surface area (Å²) in [5, 5.41) is 9.61. The second kappa shape index (κ2) is 6.48. The van der Waals surface area contributed by atoms with Crippen molar-refractivity contribution in [2.45, 2.75) is 33.1 Å². The predicted octanol–water partition coefficient (Wildman–Crippen LogP) is 1.63. The molecule has 1 fully saturated rings. The average Bonchev–Trinajstić information content (AvgIpc) is 2.83. The number of aryl methyl sites for hydroxylation is 2. The third-order valence-electron chi connectivity index (χ3n) is 4.20. The molecule has 7 nitrogen and oxygen atoms in total. The Labute approximate surface area is 129 Å². The highest BCUT2D eigenvalue weighted by Gasteiger charge is 2.44. The van der Waals surface area contributed by atoms with Gasteiger partial charge in [-0.15, -0.1) is 0 Å². The van der Waals surface area contributed by atoms with Crippen LogP contribution in [0.25, 0.3) is 0 Å². The van der Waals surface area contributed by atoms with E-state index in [-0.39, 0.29) is 18.2 Å². The van der Waals surface area contributed by atoms with Crippen molar-refractivity contribution in [3.05, 3.63) is 17.3 Å². The lowest BCUT2D eigenvalue weighted by Crippen LogP contribution is -2.50. The number of oxazole rings is 1. The quantitative estimate of drug-likeness (QED) is 0.888. The zero-order chi connectivity index (χ0) is 16.3. The maximum Gasteiger partial charge on any atom is 0.311 e. The molecule has 0 saturated carbocycles. The molecule has 1 aromatic heterocycles. The Morgan fingerprint density at radius 3 is 2.73 bits per heavy atom. The Hall–Kier alpha value is -1.89. The van der Waals surface area contributed by atoms with E-state index in [4.69, 9.17) is 9.15 Å². The Balaban J connectivity index is 2.20. The Kier molecular flexibility index (Phi) is 4.85. The molecule has 0 bridgehead atoms. The van der Waals surface area contributed by atoms with Gasteiger partial charge in [-0.05, 0) is 26.2 Å². The van der Waals surface area contributed by atoms with E-state index in [0.717, 1.165) is 0 Å². The fourth-order valence-electron chi connectivity index (χ4n) is 2.96. The van der Waals surface area contributed by atoms with E-state index in [2.05, 4.69) is 4.98 Å². The first-order valence-electron chi connectivity index (χ1n) is 7.35. The predicted molar refractivity (Wildman–Crippen MR) is 77.7 cm³/mol. The number of amides is 1. The van der Waals surface area contributed by atoms with Crippen LogP contribution in [0.2, 0.25) is 0 Å². The molecular formula is C15H22N2O5. The summed E-state index contributed by atoms with van der Waals surface area (Å²) < 4.78 is 10.4. The number of ether oxygens (including phenoxy) is 1. The minimum absolute atomic E-state index is 0.170. The molecular weight excluding hydrogens is 288 g/mol. The number of aliphatic carboxylic acids is 1. The highest BCUT2D eigenvalue weighted by molar-refractivity contribution is 5.93. The molecule has 1 N–H and O–H groups in total. The number of carboxylic acids is 1. The van der Waals surface area contributed by atoms with E-state index in [1.165, 1.54) is 0 Å². The van der Waals surface area contributed by atoms with Gasteiger partial charge >= 0.3 is 5.97 Å². The first-order valence-corrected chi connectivity index (χ1v) is 7.35. The summed E-state index contributed by atoms with van der Waals surface area (Å²) in [6, 6.07) is 0. The molecule has 0 spiro atoms. The summed E-state index contributed by atoms with van der Waals surface area (Å²) in [5.41, 5.74) is -0.418. The number of carboxylic acid groups (broad SMARTS) is 1. The molecule has 22 heavy (non-hydrogen) atoms. The van der Waals surface area contributed by atoms with Gasteiger partial charge in [0, 0.05) is 33.7 Å². The summed E-state index contributed by atoms with van der Waals surface area (Å²) >= 11 is 0. The number of aromatic nitrogens is 1. The van der Waals surface area contributed by atoms with Gasteiger partial charge in [-0.25, -0.2) is 4.98 Å². The molecule has 1 aliphatic heterocycles. The van der Waals surface area contributed by atoms with Gasteiger partial charge in [0.1, 0.15) is 0 Å². The Morgan fingerprint density at radius 1 is 1.45 bits per heavy atom. The molecule has 1 saturated heterocycles. The van der Waals surface area contributed by atoms with E-state index in [1.807, 2.05) is 0 Å². The first kappa shape index (κ1) is 16.5. The van der Waals surface area contributed by atoms with Crippen LogP contribution in [-0.2, 0) is 9.53 Å². The van der Waals surface area contributed by atoms with Crippen LogP contribution >= 0.6 is 0 Å². The zero-order valence-electron chi connectivity index (χ0n) is 13.2.